The highest BCUT2D eigenvalue weighted by molar-refractivity contribution is 6.29. The van der Waals surface area contributed by atoms with Crippen molar-refractivity contribution < 1.29 is 14.0 Å². The van der Waals surface area contributed by atoms with Gasteiger partial charge in [0, 0.05) is 76.2 Å². The molecule has 0 bridgehead atoms. The maximum atomic E-state index is 13.5. The lowest BCUT2D eigenvalue weighted by Gasteiger charge is -2.24. The first kappa shape index (κ1) is 29.1. The van der Waals surface area contributed by atoms with Gasteiger partial charge in [0.1, 0.15) is 5.15 Å². The van der Waals surface area contributed by atoms with Crippen LogP contribution in [0, 0.1) is 12.9 Å². The van der Waals surface area contributed by atoms with Gasteiger partial charge in [0.2, 0.25) is 5.95 Å². The van der Waals surface area contributed by atoms with Crippen LogP contribution in [0.3, 0.4) is 0 Å². The summed E-state index contributed by atoms with van der Waals surface area (Å²) in [6.45, 7) is 1.70. The number of hydrogen-bond acceptors (Lipinski definition) is 5. The third kappa shape index (κ3) is 4.60. The SMILES string of the molecule is Cc1cc(-c2cc3c(cn2)CCc2c-3[nH]c3c2C(=O)NC2(CC2)C3)cnc1F.O=C1NC2(CC2)Cc2[nH]c3c(c21)CCc1cnc(Cl)cc1-3. The number of pyridine rings is 3. The maximum absolute atomic E-state index is 13.5. The Morgan fingerprint density at radius 1 is 0.714 bits per heavy atom. The molecule has 4 aliphatic carbocycles. The molecule has 2 fully saturated rings. The molecular weight excluding hydrogens is 641 g/mol. The first-order valence-electron chi connectivity index (χ1n) is 17.1. The van der Waals surface area contributed by atoms with Crippen LogP contribution < -0.4 is 10.6 Å². The number of fused-ring (bicyclic) bond motifs is 10. The van der Waals surface area contributed by atoms with Crippen LogP contribution in [0.4, 0.5) is 4.39 Å². The van der Waals surface area contributed by atoms with Crippen LogP contribution >= 0.6 is 11.6 Å². The zero-order valence-electron chi connectivity index (χ0n) is 26.9. The van der Waals surface area contributed by atoms with Gasteiger partial charge in [-0.15, -0.1) is 0 Å². The minimum atomic E-state index is -0.457. The summed E-state index contributed by atoms with van der Waals surface area (Å²) in [7, 11) is 0. The molecule has 246 valence electrons. The van der Waals surface area contributed by atoms with Gasteiger partial charge < -0.3 is 20.6 Å². The number of hydrogen-bond donors (Lipinski definition) is 4. The van der Waals surface area contributed by atoms with Crippen molar-refractivity contribution >= 4 is 23.4 Å². The topological polar surface area (TPSA) is 128 Å². The van der Waals surface area contributed by atoms with Gasteiger partial charge in [-0.3, -0.25) is 14.6 Å². The predicted octanol–water partition coefficient (Wildman–Crippen LogP) is 6.15. The molecule has 2 spiro atoms. The molecule has 11 rings (SSSR count). The van der Waals surface area contributed by atoms with E-state index in [-0.39, 0.29) is 22.9 Å². The van der Waals surface area contributed by atoms with E-state index in [4.69, 9.17) is 11.6 Å². The smallest absolute Gasteiger partial charge is 0.253 e. The number of aryl methyl sites for hydroxylation is 3. The Morgan fingerprint density at radius 2 is 1.27 bits per heavy atom. The van der Waals surface area contributed by atoms with Crippen LogP contribution in [-0.4, -0.2) is 47.8 Å². The number of H-pyrrole nitrogens is 2. The Bertz CT molecular complexity index is 2300. The molecule has 2 saturated carbocycles. The lowest BCUT2D eigenvalue weighted by molar-refractivity contribution is 0.0908. The Balaban J connectivity index is 0.000000130. The van der Waals surface area contributed by atoms with Crippen LogP contribution in [0.25, 0.3) is 33.8 Å². The lowest BCUT2D eigenvalue weighted by atomic mass is 9.87. The normalized spacial score (nSPS) is 19.2. The van der Waals surface area contributed by atoms with Crippen molar-refractivity contribution in [2.45, 2.75) is 82.2 Å². The molecule has 5 aromatic rings. The molecule has 4 N–H and O–H groups in total. The maximum Gasteiger partial charge on any atom is 0.253 e. The van der Waals surface area contributed by atoms with Gasteiger partial charge in [0.25, 0.3) is 11.8 Å². The summed E-state index contributed by atoms with van der Waals surface area (Å²) in [5, 5.41) is 6.91. The van der Waals surface area contributed by atoms with E-state index in [2.05, 4.69) is 35.6 Å². The van der Waals surface area contributed by atoms with E-state index in [1.54, 1.807) is 13.0 Å². The second-order valence-corrected chi connectivity index (χ2v) is 15.1. The fraction of sp³-hybridized carbons (Fsp3) is 0.342. The number of amides is 2. The molecule has 2 amide bonds. The van der Waals surface area contributed by atoms with Gasteiger partial charge in [-0.05, 0) is 98.7 Å². The van der Waals surface area contributed by atoms with Crippen LogP contribution in [0.1, 0.15) is 85.6 Å². The third-order valence-electron chi connectivity index (χ3n) is 11.4. The predicted molar refractivity (Wildman–Crippen MR) is 182 cm³/mol. The Morgan fingerprint density at radius 3 is 1.82 bits per heavy atom. The van der Waals surface area contributed by atoms with E-state index in [0.29, 0.717) is 10.7 Å². The van der Waals surface area contributed by atoms with Crippen molar-refractivity contribution in [3.63, 3.8) is 0 Å². The first-order chi connectivity index (χ1) is 23.7. The standard InChI is InChI=1S/C22H19FN4O.C16H14ClN3O/c1-11-6-13(10-25-20(11)23)16-7-15-12(9-24-16)2-3-14-18-17(26-19(14)15)8-22(4-5-22)27-21(18)28;17-12-5-10-8(7-18-12)1-2-9-13-11(19-14(9)10)6-16(3-4-16)20-15(13)21/h6-7,9-10,26H,2-5,8H2,1H3,(H,27,28);5,7,19H,1-4,6H2,(H,20,21). The zero-order chi connectivity index (χ0) is 33.2. The number of rotatable bonds is 1. The average Bonchev–Trinajstić information content (AvgIpc) is 3.92. The second kappa shape index (κ2) is 10.1. The van der Waals surface area contributed by atoms with Crippen molar-refractivity contribution in [2.75, 3.05) is 0 Å². The fourth-order valence-electron chi connectivity index (χ4n) is 8.42. The van der Waals surface area contributed by atoms with E-state index >= 15 is 0 Å². The van der Waals surface area contributed by atoms with E-state index in [0.717, 1.165) is 132 Å². The largest absolute Gasteiger partial charge is 0.357 e. The van der Waals surface area contributed by atoms with Gasteiger partial charge in [-0.25, -0.2) is 9.97 Å². The summed E-state index contributed by atoms with van der Waals surface area (Å²) in [6.07, 6.45) is 14.9. The van der Waals surface area contributed by atoms with Crippen molar-refractivity contribution in [2.24, 2.45) is 0 Å². The highest BCUT2D eigenvalue weighted by atomic mass is 35.5. The van der Waals surface area contributed by atoms with Crippen molar-refractivity contribution in [3.8, 4) is 33.8 Å². The van der Waals surface area contributed by atoms with Crippen LogP contribution in [0.5, 0.6) is 0 Å². The number of carbonyl (C=O) groups is 2. The summed E-state index contributed by atoms with van der Waals surface area (Å²) >= 11 is 6.05. The quantitative estimate of drug-likeness (QED) is 0.159. The summed E-state index contributed by atoms with van der Waals surface area (Å²) < 4.78 is 13.5. The number of carbonyl (C=O) groups excluding carboxylic acids is 2. The Labute approximate surface area is 286 Å². The molecule has 0 aromatic carbocycles. The molecule has 7 heterocycles. The summed E-state index contributed by atoms with van der Waals surface area (Å²) in [5.74, 6) is -0.303. The molecule has 2 aliphatic heterocycles. The third-order valence-corrected chi connectivity index (χ3v) is 11.6. The monoisotopic (exact) mass is 673 g/mol. The Hall–Kier alpha value is -4.83. The van der Waals surface area contributed by atoms with Crippen LogP contribution in [0.15, 0.2) is 36.8 Å². The molecule has 49 heavy (non-hydrogen) atoms. The van der Waals surface area contributed by atoms with Crippen molar-refractivity contribution in [1.29, 1.82) is 0 Å². The molecule has 0 unspecified atom stereocenters. The highest BCUT2D eigenvalue weighted by Crippen LogP contribution is 2.47. The van der Waals surface area contributed by atoms with E-state index in [1.807, 2.05) is 24.5 Å². The fourth-order valence-corrected chi connectivity index (χ4v) is 8.58. The van der Waals surface area contributed by atoms with Crippen LogP contribution in [-0.2, 0) is 38.5 Å². The molecule has 0 radical (unpaired) electrons. The minimum Gasteiger partial charge on any atom is -0.357 e. The molecular formula is C38H33ClFN7O2. The van der Waals surface area contributed by atoms with Crippen LogP contribution in [0.2, 0.25) is 5.15 Å². The zero-order valence-corrected chi connectivity index (χ0v) is 27.7. The van der Waals surface area contributed by atoms with E-state index < -0.39 is 5.95 Å². The molecule has 0 saturated heterocycles. The van der Waals surface area contributed by atoms with Gasteiger partial charge in [-0.2, -0.15) is 4.39 Å². The molecule has 6 aliphatic rings. The first-order valence-corrected chi connectivity index (χ1v) is 17.5. The average molecular weight is 674 g/mol. The van der Waals surface area contributed by atoms with Gasteiger partial charge in [0.05, 0.1) is 28.2 Å². The number of nitrogens with one attached hydrogen (secondary N) is 4. The number of nitrogens with zero attached hydrogens (tertiary/aromatic N) is 3. The van der Waals surface area contributed by atoms with E-state index in [1.165, 1.54) is 17.3 Å². The molecule has 9 nitrogen and oxygen atoms in total. The van der Waals surface area contributed by atoms with E-state index in [9.17, 15) is 14.0 Å². The van der Waals surface area contributed by atoms with Gasteiger partial charge >= 0.3 is 0 Å². The lowest BCUT2D eigenvalue weighted by Crippen LogP contribution is -2.43. The Kier molecular flexibility index (Phi) is 6.00. The number of aromatic amines is 2. The van der Waals surface area contributed by atoms with Crippen molar-refractivity contribution in [3.05, 3.63) is 98.2 Å². The van der Waals surface area contributed by atoms with Crippen molar-refractivity contribution in [1.82, 2.24) is 35.6 Å². The van der Waals surface area contributed by atoms with Gasteiger partial charge in [0.15, 0.2) is 0 Å². The number of aromatic nitrogens is 5. The summed E-state index contributed by atoms with van der Waals surface area (Å²) in [4.78, 5) is 44.9. The summed E-state index contributed by atoms with van der Waals surface area (Å²) in [6, 6.07) is 5.71. The summed E-state index contributed by atoms with van der Waals surface area (Å²) in [5.41, 5.74) is 14.9. The number of halogens is 2. The highest BCUT2D eigenvalue weighted by Gasteiger charge is 2.50. The minimum absolute atomic E-state index is 0.0128. The molecule has 11 heteroatoms. The molecule has 0 atom stereocenters. The second-order valence-electron chi connectivity index (χ2n) is 14.7. The van der Waals surface area contributed by atoms with Gasteiger partial charge in [-0.1, -0.05) is 11.6 Å². The molecule has 5 aromatic heterocycles.